The van der Waals surface area contributed by atoms with Gasteiger partial charge in [0.25, 0.3) is 0 Å². The highest BCUT2D eigenvalue weighted by atomic mass is 32.2. The molecule has 2 atom stereocenters. The molecule has 2 heterocycles. The van der Waals surface area contributed by atoms with Crippen molar-refractivity contribution in [2.75, 3.05) is 12.3 Å². The number of fused-ring (bicyclic) bond motifs is 1. The first-order valence-electron chi connectivity index (χ1n) is 6.72. The molecule has 1 aromatic rings. The molecule has 106 valence electrons. The summed E-state index contributed by atoms with van der Waals surface area (Å²) in [7, 11) is 0. The fourth-order valence-electron chi connectivity index (χ4n) is 2.97. The zero-order valence-corrected chi connectivity index (χ0v) is 11.8. The maximum atomic E-state index is 12.8. The summed E-state index contributed by atoms with van der Waals surface area (Å²) in [6, 6.07) is 7.78. The number of rotatable bonds is 2. The van der Waals surface area contributed by atoms with Gasteiger partial charge in [-0.3, -0.25) is 4.79 Å². The van der Waals surface area contributed by atoms with Gasteiger partial charge >= 0.3 is 0 Å². The van der Waals surface area contributed by atoms with Crippen molar-refractivity contribution in [2.24, 2.45) is 10.9 Å². The second-order valence-corrected chi connectivity index (χ2v) is 6.18. The van der Waals surface area contributed by atoms with Crippen molar-refractivity contribution >= 4 is 23.5 Å². The maximum Gasteiger partial charge on any atom is 0.231 e. The van der Waals surface area contributed by atoms with Crippen LogP contribution in [0.1, 0.15) is 24.3 Å². The minimum absolute atomic E-state index is 0.0940. The summed E-state index contributed by atoms with van der Waals surface area (Å²) < 4.78 is 0. The van der Waals surface area contributed by atoms with Crippen LogP contribution in [0.2, 0.25) is 0 Å². The van der Waals surface area contributed by atoms with Gasteiger partial charge in [-0.2, -0.15) is 0 Å². The second kappa shape index (κ2) is 5.36. The van der Waals surface area contributed by atoms with E-state index in [1.54, 1.807) is 16.7 Å². The lowest BCUT2D eigenvalue weighted by Crippen LogP contribution is -2.45. The van der Waals surface area contributed by atoms with E-state index >= 15 is 0 Å². The summed E-state index contributed by atoms with van der Waals surface area (Å²) in [5, 5.41) is 11.9. The monoisotopic (exact) mass is 291 g/mol. The van der Waals surface area contributed by atoms with E-state index in [1.807, 2.05) is 18.2 Å². The summed E-state index contributed by atoms with van der Waals surface area (Å²) >= 11 is 1.72. The number of nitrogens with zero attached hydrogens (tertiary/aromatic N) is 2. The number of amides is 1. The number of hydrogen-bond donors (Lipinski definition) is 2. The molecule has 0 aliphatic carbocycles. The average molecular weight is 291 g/mol. The minimum Gasteiger partial charge on any atom is -0.409 e. The van der Waals surface area contributed by atoms with Crippen LogP contribution in [0.15, 0.2) is 34.3 Å². The molecule has 2 aliphatic heterocycles. The summed E-state index contributed by atoms with van der Waals surface area (Å²) in [5.41, 5.74) is 6.80. The largest absolute Gasteiger partial charge is 0.409 e. The predicted octanol–water partition coefficient (Wildman–Crippen LogP) is 1.61. The molecule has 1 fully saturated rings. The Kier molecular flexibility index (Phi) is 3.56. The van der Waals surface area contributed by atoms with Crippen LogP contribution in [0.5, 0.6) is 0 Å². The molecule has 0 saturated carbocycles. The number of hydrogen-bond acceptors (Lipinski definition) is 4. The Labute approximate surface area is 121 Å². The third kappa shape index (κ3) is 2.14. The van der Waals surface area contributed by atoms with E-state index in [1.165, 1.54) is 4.90 Å². The first-order chi connectivity index (χ1) is 9.72. The van der Waals surface area contributed by atoms with E-state index in [9.17, 15) is 4.79 Å². The van der Waals surface area contributed by atoms with Gasteiger partial charge in [0.05, 0.1) is 12.0 Å². The summed E-state index contributed by atoms with van der Waals surface area (Å²) in [4.78, 5) is 15.7. The van der Waals surface area contributed by atoms with E-state index in [0.29, 0.717) is 6.54 Å². The van der Waals surface area contributed by atoms with Gasteiger partial charge in [0, 0.05) is 17.2 Å². The Morgan fingerprint density at radius 2 is 2.25 bits per heavy atom. The highest BCUT2D eigenvalue weighted by molar-refractivity contribution is 7.99. The van der Waals surface area contributed by atoms with Gasteiger partial charge < -0.3 is 15.8 Å². The normalized spacial score (nSPS) is 25.8. The van der Waals surface area contributed by atoms with E-state index in [2.05, 4.69) is 11.2 Å². The molecule has 5 nitrogen and oxygen atoms in total. The SMILES string of the molecule is NC(=NO)C1CCCN1C(=O)C1CSc2ccccc21. The highest BCUT2D eigenvalue weighted by Crippen LogP contribution is 2.41. The molecule has 0 bridgehead atoms. The molecular weight excluding hydrogens is 274 g/mol. The van der Waals surface area contributed by atoms with Crippen LogP contribution >= 0.6 is 11.8 Å². The van der Waals surface area contributed by atoms with Crippen molar-refractivity contribution in [2.45, 2.75) is 29.7 Å². The Morgan fingerprint density at radius 1 is 1.45 bits per heavy atom. The quantitative estimate of drug-likeness (QED) is 0.375. The fraction of sp³-hybridized carbons (Fsp3) is 0.429. The third-order valence-corrected chi connectivity index (χ3v) is 5.17. The standard InChI is InChI=1S/C14H17N3O2S/c15-13(16-19)11-5-3-7-17(11)14(18)10-8-20-12-6-2-1-4-9(10)12/h1-2,4,6,10-11,19H,3,5,7-8H2,(H2,15,16). The number of carbonyl (C=O) groups is 1. The first-order valence-corrected chi connectivity index (χ1v) is 7.70. The Hall–Kier alpha value is -1.69. The lowest BCUT2D eigenvalue weighted by atomic mass is 9.99. The van der Waals surface area contributed by atoms with Crippen LogP contribution in [0.4, 0.5) is 0 Å². The molecule has 0 radical (unpaired) electrons. The molecule has 2 aliphatic rings. The van der Waals surface area contributed by atoms with Crippen LogP contribution < -0.4 is 5.73 Å². The number of carbonyl (C=O) groups excluding carboxylic acids is 1. The number of oxime groups is 1. The average Bonchev–Trinajstić information content (AvgIpc) is 3.12. The molecule has 1 saturated heterocycles. The van der Waals surface area contributed by atoms with Gasteiger partial charge in [-0.05, 0) is 24.5 Å². The van der Waals surface area contributed by atoms with Gasteiger partial charge in [0.2, 0.25) is 5.91 Å². The zero-order valence-electron chi connectivity index (χ0n) is 11.0. The van der Waals surface area contributed by atoms with E-state index < -0.39 is 0 Å². The van der Waals surface area contributed by atoms with Crippen LogP contribution in [0.3, 0.4) is 0 Å². The van der Waals surface area contributed by atoms with Gasteiger partial charge in [-0.25, -0.2) is 0 Å². The molecule has 3 rings (SSSR count). The third-order valence-electron chi connectivity index (χ3n) is 3.99. The Bertz CT molecular complexity index is 561. The Morgan fingerprint density at radius 3 is 3.05 bits per heavy atom. The van der Waals surface area contributed by atoms with Crippen molar-refractivity contribution < 1.29 is 10.0 Å². The van der Waals surface area contributed by atoms with E-state index in [0.717, 1.165) is 24.2 Å². The second-order valence-electron chi connectivity index (χ2n) is 5.12. The first kappa shape index (κ1) is 13.3. The van der Waals surface area contributed by atoms with Crippen molar-refractivity contribution in [3.05, 3.63) is 29.8 Å². The van der Waals surface area contributed by atoms with Gasteiger partial charge in [0.15, 0.2) is 5.84 Å². The molecule has 2 unspecified atom stereocenters. The van der Waals surface area contributed by atoms with Crippen LogP contribution in [-0.2, 0) is 4.79 Å². The number of likely N-dealkylation sites (tertiary alicyclic amines) is 1. The van der Waals surface area contributed by atoms with Crippen molar-refractivity contribution in [3.8, 4) is 0 Å². The highest BCUT2D eigenvalue weighted by Gasteiger charge is 2.38. The molecule has 20 heavy (non-hydrogen) atoms. The molecule has 0 aromatic heterocycles. The lowest BCUT2D eigenvalue weighted by Gasteiger charge is -2.26. The predicted molar refractivity (Wildman–Crippen MR) is 78.1 cm³/mol. The number of amidine groups is 1. The molecule has 1 aromatic carbocycles. The minimum atomic E-state index is -0.259. The molecule has 0 spiro atoms. The fourth-order valence-corrected chi connectivity index (χ4v) is 4.19. The summed E-state index contributed by atoms with van der Waals surface area (Å²) in [6.45, 7) is 0.684. The lowest BCUT2D eigenvalue weighted by molar-refractivity contribution is -0.132. The smallest absolute Gasteiger partial charge is 0.231 e. The van der Waals surface area contributed by atoms with Gasteiger partial charge in [-0.1, -0.05) is 23.4 Å². The van der Waals surface area contributed by atoms with E-state index in [4.69, 9.17) is 10.9 Å². The Balaban J connectivity index is 1.83. The molecular formula is C14H17N3O2S. The molecule has 1 amide bonds. The van der Waals surface area contributed by atoms with Gasteiger partial charge in [0.1, 0.15) is 0 Å². The van der Waals surface area contributed by atoms with Crippen LogP contribution in [-0.4, -0.2) is 40.2 Å². The van der Waals surface area contributed by atoms with Crippen LogP contribution in [0, 0.1) is 0 Å². The van der Waals surface area contributed by atoms with Crippen molar-refractivity contribution in [3.63, 3.8) is 0 Å². The zero-order chi connectivity index (χ0) is 14.1. The molecule has 3 N–H and O–H groups in total. The van der Waals surface area contributed by atoms with E-state index in [-0.39, 0.29) is 23.7 Å². The summed E-state index contributed by atoms with van der Waals surface area (Å²) in [5.74, 6) is 0.895. The molecule has 6 heteroatoms. The number of thioether (sulfide) groups is 1. The number of nitrogens with two attached hydrogens (primary N) is 1. The van der Waals surface area contributed by atoms with Crippen molar-refractivity contribution in [1.29, 1.82) is 0 Å². The van der Waals surface area contributed by atoms with Crippen molar-refractivity contribution in [1.82, 2.24) is 4.90 Å². The summed E-state index contributed by atoms with van der Waals surface area (Å²) in [6.07, 6.45) is 1.66. The maximum absolute atomic E-state index is 12.8. The van der Waals surface area contributed by atoms with Gasteiger partial charge in [-0.15, -0.1) is 11.8 Å². The number of benzene rings is 1. The topological polar surface area (TPSA) is 78.9 Å². The van der Waals surface area contributed by atoms with Crippen LogP contribution in [0.25, 0.3) is 0 Å².